The molecule has 4 aromatic heterocycles. The molecule has 6 aromatic rings. The molecule has 0 saturated carbocycles. The van der Waals surface area contributed by atoms with Gasteiger partial charge in [0.1, 0.15) is 12.2 Å². The van der Waals surface area contributed by atoms with E-state index in [-0.39, 0.29) is 23.8 Å². The Morgan fingerprint density at radius 3 is 2.43 bits per heavy atom. The number of hydrogen-bond acceptors (Lipinski definition) is 13. The molecular weight excluding hydrogens is 690 g/mol. The van der Waals surface area contributed by atoms with Crippen LogP contribution in [0.2, 0.25) is 0 Å². The number of aliphatic hydroxyl groups excluding tert-OH is 2. The van der Waals surface area contributed by atoms with E-state index >= 15 is 0 Å². The molecule has 0 spiro atoms. The van der Waals surface area contributed by atoms with Crippen LogP contribution in [0.1, 0.15) is 54.2 Å². The Balaban J connectivity index is 1.08. The van der Waals surface area contributed by atoms with Crippen LogP contribution >= 0.6 is 0 Å². The Bertz CT molecular complexity index is 2130. The average molecular weight is 732 g/mol. The van der Waals surface area contributed by atoms with Crippen LogP contribution in [0, 0.1) is 0 Å². The van der Waals surface area contributed by atoms with Crippen molar-refractivity contribution >= 4 is 29.0 Å². The number of carbonyl (C=O) groups excluding carboxylic acids is 1. The molecule has 5 atom stereocenters. The SMILES string of the molecule is CCn1nnc([C@H]2O[C@@H](n3cnc4c(NCC(c5ccccc5)c5ccccc5)nc(N5CC[C@@H](NC(=O)NCc6ccccn6)C5)nc43)[C@H](O)[C@@H]2O)n1. The third-order valence-electron chi connectivity index (χ3n) is 9.77. The monoisotopic (exact) mass is 731 g/mol. The van der Waals surface area contributed by atoms with Gasteiger partial charge in [-0.05, 0) is 41.8 Å². The van der Waals surface area contributed by atoms with Crippen LogP contribution in [0.3, 0.4) is 0 Å². The van der Waals surface area contributed by atoms with Crippen LogP contribution in [-0.2, 0) is 17.8 Å². The molecule has 2 fully saturated rings. The highest BCUT2D eigenvalue weighted by Gasteiger charge is 2.47. The zero-order chi connectivity index (χ0) is 37.0. The van der Waals surface area contributed by atoms with Crippen molar-refractivity contribution in [1.82, 2.24) is 55.3 Å². The minimum atomic E-state index is -1.35. The molecule has 0 aliphatic carbocycles. The normalized spacial score (nSPS) is 21.2. The Morgan fingerprint density at radius 1 is 0.963 bits per heavy atom. The van der Waals surface area contributed by atoms with Crippen LogP contribution in [0.15, 0.2) is 91.4 Å². The summed E-state index contributed by atoms with van der Waals surface area (Å²) in [7, 11) is 0. The first kappa shape index (κ1) is 35.0. The molecule has 6 heterocycles. The smallest absolute Gasteiger partial charge is 0.315 e. The van der Waals surface area contributed by atoms with Gasteiger partial charge in [-0.15, -0.1) is 10.2 Å². The van der Waals surface area contributed by atoms with Gasteiger partial charge in [0.15, 0.2) is 29.3 Å². The van der Waals surface area contributed by atoms with Crippen molar-refractivity contribution in [2.75, 3.05) is 29.9 Å². The van der Waals surface area contributed by atoms with E-state index in [0.717, 1.165) is 16.8 Å². The predicted octanol–water partition coefficient (Wildman–Crippen LogP) is 2.54. The molecule has 54 heavy (non-hydrogen) atoms. The van der Waals surface area contributed by atoms with Crippen molar-refractivity contribution in [3.8, 4) is 0 Å². The van der Waals surface area contributed by atoms with Crippen molar-refractivity contribution in [3.63, 3.8) is 0 Å². The summed E-state index contributed by atoms with van der Waals surface area (Å²) in [5, 5.41) is 44.2. The van der Waals surface area contributed by atoms with Crippen LogP contribution in [0.25, 0.3) is 11.2 Å². The molecule has 2 aliphatic heterocycles. The zero-order valence-electron chi connectivity index (χ0n) is 29.6. The maximum atomic E-state index is 12.8. The van der Waals surface area contributed by atoms with Gasteiger partial charge in [0.05, 0.1) is 25.1 Å². The Morgan fingerprint density at radius 2 is 1.72 bits per heavy atom. The number of aliphatic hydroxyl groups is 2. The molecule has 0 unspecified atom stereocenters. The number of ether oxygens (including phenoxy) is 1. The highest BCUT2D eigenvalue weighted by Crippen LogP contribution is 2.39. The summed E-state index contributed by atoms with van der Waals surface area (Å²) in [5.74, 6) is 1.07. The number of carbonyl (C=O) groups is 1. The standard InChI is InChI=1S/C37H41N13O4/c1-2-50-46-33(45-47-50)31-29(51)30(52)35(54-31)49-22-41-28-32(39-20-27(23-11-5-3-6-12-23)24-13-7-4-8-14-24)43-36(44-34(28)49)48-18-16-26(21-48)42-37(53)40-19-25-15-9-10-17-38-25/h3-15,17,22,26-27,29-31,35,51-52H,2,16,18-21H2,1H3,(H,39,43,44)(H2,40,42,53)/t26-,29+,30-,31+,35-/m1/s1. The van der Waals surface area contributed by atoms with E-state index in [1.807, 2.05) is 66.4 Å². The molecule has 2 aromatic carbocycles. The topological polar surface area (TPSA) is 206 Å². The maximum absolute atomic E-state index is 12.8. The fraction of sp³-hybridized carbons (Fsp3) is 0.351. The molecule has 2 amide bonds. The van der Waals surface area contributed by atoms with Gasteiger partial charge in [0, 0.05) is 37.8 Å². The summed E-state index contributed by atoms with van der Waals surface area (Å²) in [5.41, 5.74) is 3.89. The lowest BCUT2D eigenvalue weighted by molar-refractivity contribution is -0.0384. The molecular formula is C37H41N13O4. The fourth-order valence-corrected chi connectivity index (χ4v) is 6.93. The first-order valence-electron chi connectivity index (χ1n) is 18.0. The second kappa shape index (κ2) is 15.5. The van der Waals surface area contributed by atoms with Crippen LogP contribution in [0.4, 0.5) is 16.6 Å². The lowest BCUT2D eigenvalue weighted by Crippen LogP contribution is -2.43. The van der Waals surface area contributed by atoms with E-state index in [4.69, 9.17) is 19.7 Å². The third kappa shape index (κ3) is 7.28. The summed E-state index contributed by atoms with van der Waals surface area (Å²) >= 11 is 0. The molecule has 2 aliphatic rings. The van der Waals surface area contributed by atoms with Crippen molar-refractivity contribution in [2.24, 2.45) is 0 Å². The van der Waals surface area contributed by atoms with Gasteiger partial charge in [-0.2, -0.15) is 14.8 Å². The van der Waals surface area contributed by atoms with Gasteiger partial charge in [-0.3, -0.25) is 9.55 Å². The summed E-state index contributed by atoms with van der Waals surface area (Å²) in [6.45, 7) is 4.22. The average Bonchev–Trinajstić information content (AvgIpc) is 4.03. The molecule has 17 heteroatoms. The Labute approximate surface area is 310 Å². The minimum Gasteiger partial charge on any atom is -0.387 e. The largest absolute Gasteiger partial charge is 0.387 e. The number of urea groups is 1. The first-order chi connectivity index (χ1) is 26.4. The summed E-state index contributed by atoms with van der Waals surface area (Å²) < 4.78 is 7.81. The lowest BCUT2D eigenvalue weighted by atomic mass is 9.91. The van der Waals surface area contributed by atoms with E-state index < -0.39 is 24.5 Å². The number of rotatable bonds is 12. The van der Waals surface area contributed by atoms with Crippen molar-refractivity contribution in [3.05, 3.63) is 114 Å². The van der Waals surface area contributed by atoms with Gasteiger partial charge in [-0.1, -0.05) is 66.7 Å². The number of nitrogens with zero attached hydrogens (tertiary/aromatic N) is 10. The minimum absolute atomic E-state index is 0.00662. The molecule has 5 N–H and O–H groups in total. The number of pyridine rings is 1. The highest BCUT2D eigenvalue weighted by molar-refractivity contribution is 5.84. The van der Waals surface area contributed by atoms with Crippen LogP contribution in [-0.4, -0.2) is 98.8 Å². The molecule has 0 radical (unpaired) electrons. The summed E-state index contributed by atoms with van der Waals surface area (Å²) in [4.78, 5) is 35.1. The molecule has 278 valence electrons. The number of tetrazole rings is 1. The number of imidazole rings is 1. The number of aromatic nitrogens is 9. The van der Waals surface area contributed by atoms with Crippen molar-refractivity contribution in [2.45, 2.75) is 62.9 Å². The summed E-state index contributed by atoms with van der Waals surface area (Å²) in [6, 6.07) is 25.6. The first-order valence-corrected chi connectivity index (χ1v) is 18.0. The lowest BCUT2D eigenvalue weighted by Gasteiger charge is -2.22. The number of fused-ring (bicyclic) bond motifs is 1. The fourth-order valence-electron chi connectivity index (χ4n) is 6.93. The van der Waals surface area contributed by atoms with Gasteiger partial charge >= 0.3 is 6.03 Å². The third-order valence-corrected chi connectivity index (χ3v) is 9.77. The molecule has 2 saturated heterocycles. The number of benzene rings is 2. The quantitative estimate of drug-likeness (QED) is 0.123. The highest BCUT2D eigenvalue weighted by atomic mass is 16.6. The number of anilines is 2. The zero-order valence-corrected chi connectivity index (χ0v) is 29.6. The van der Waals surface area contributed by atoms with E-state index in [1.165, 1.54) is 11.1 Å². The van der Waals surface area contributed by atoms with Crippen LogP contribution < -0.4 is 20.9 Å². The molecule has 8 rings (SSSR count). The van der Waals surface area contributed by atoms with Gasteiger partial charge in [0.25, 0.3) is 0 Å². The number of nitrogens with one attached hydrogen (secondary N) is 3. The van der Waals surface area contributed by atoms with Crippen LogP contribution in [0.5, 0.6) is 0 Å². The van der Waals surface area contributed by atoms with E-state index in [9.17, 15) is 15.0 Å². The van der Waals surface area contributed by atoms with E-state index in [0.29, 0.717) is 62.1 Å². The summed E-state index contributed by atoms with van der Waals surface area (Å²) in [6.07, 6.45) is -0.859. The second-order valence-electron chi connectivity index (χ2n) is 13.3. The Kier molecular flexibility index (Phi) is 10.1. The van der Waals surface area contributed by atoms with Gasteiger partial charge in [-0.25, -0.2) is 9.78 Å². The van der Waals surface area contributed by atoms with E-state index in [2.05, 4.69) is 60.6 Å². The molecule has 0 bridgehead atoms. The number of aryl methyl sites for hydroxylation is 1. The maximum Gasteiger partial charge on any atom is 0.315 e. The van der Waals surface area contributed by atoms with E-state index in [1.54, 1.807) is 10.8 Å². The van der Waals surface area contributed by atoms with Crippen molar-refractivity contribution in [1.29, 1.82) is 0 Å². The number of hydrogen-bond donors (Lipinski definition) is 5. The Hall–Kier alpha value is -6.04. The second-order valence-corrected chi connectivity index (χ2v) is 13.3. The predicted molar refractivity (Wildman–Crippen MR) is 197 cm³/mol. The van der Waals surface area contributed by atoms with Gasteiger partial charge < -0.3 is 35.8 Å². The molecule has 17 nitrogen and oxygen atoms in total. The number of amides is 2. The van der Waals surface area contributed by atoms with Crippen molar-refractivity contribution < 1.29 is 19.7 Å². The van der Waals surface area contributed by atoms with Gasteiger partial charge in [0.2, 0.25) is 11.8 Å².